The Labute approximate surface area is 114 Å². The second-order valence-electron chi connectivity index (χ2n) is 6.90. The van der Waals surface area contributed by atoms with Crippen LogP contribution in [0.25, 0.3) is 0 Å². The third-order valence-electron chi connectivity index (χ3n) is 5.38. The quantitative estimate of drug-likeness (QED) is 0.628. The van der Waals surface area contributed by atoms with Crippen molar-refractivity contribution in [3.63, 3.8) is 0 Å². The number of rotatable bonds is 3. The summed E-state index contributed by atoms with van der Waals surface area (Å²) in [5.41, 5.74) is 0.00379. The van der Waals surface area contributed by atoms with Crippen molar-refractivity contribution >= 4 is 24.4 Å². The molecule has 2 atom stereocenters. The number of hydrogen-bond acceptors (Lipinski definition) is 3. The lowest BCUT2D eigenvalue weighted by Gasteiger charge is -2.32. The van der Waals surface area contributed by atoms with E-state index in [0.717, 1.165) is 18.6 Å². The Hall–Kier alpha value is -0.510. The number of piperidine rings is 1. The van der Waals surface area contributed by atoms with Crippen molar-refractivity contribution < 1.29 is 9.59 Å². The number of fused-ring (bicyclic) bond motifs is 1. The van der Waals surface area contributed by atoms with Crippen molar-refractivity contribution in [3.05, 3.63) is 0 Å². The van der Waals surface area contributed by atoms with Gasteiger partial charge in [0.25, 0.3) is 0 Å². The first-order chi connectivity index (χ1) is 8.43. The molecule has 0 bridgehead atoms. The molecule has 4 heteroatoms. The molecular weight excluding hydrogens is 246 g/mol. The van der Waals surface area contributed by atoms with Crippen LogP contribution >= 0.6 is 12.6 Å². The van der Waals surface area contributed by atoms with Crippen LogP contribution in [0.5, 0.6) is 0 Å². The molecule has 1 aliphatic heterocycles. The van der Waals surface area contributed by atoms with E-state index in [4.69, 9.17) is 0 Å². The molecule has 2 saturated carbocycles. The summed E-state index contributed by atoms with van der Waals surface area (Å²) in [5, 5.41) is 0. The Kier molecular flexibility index (Phi) is 2.61. The second kappa shape index (κ2) is 3.75. The van der Waals surface area contributed by atoms with Crippen molar-refractivity contribution in [2.45, 2.75) is 39.5 Å². The van der Waals surface area contributed by atoms with Gasteiger partial charge in [0.15, 0.2) is 0 Å². The van der Waals surface area contributed by atoms with E-state index < -0.39 is 0 Å². The fourth-order valence-electron chi connectivity index (χ4n) is 3.99. The lowest BCUT2D eigenvalue weighted by Crippen LogP contribution is -2.44. The maximum atomic E-state index is 12.3. The van der Waals surface area contributed by atoms with Crippen molar-refractivity contribution in [3.8, 4) is 0 Å². The van der Waals surface area contributed by atoms with Gasteiger partial charge in [0, 0.05) is 6.54 Å². The summed E-state index contributed by atoms with van der Waals surface area (Å²) < 4.78 is 0. The molecule has 0 aromatic rings. The monoisotopic (exact) mass is 267 g/mol. The van der Waals surface area contributed by atoms with Gasteiger partial charge in [-0.15, -0.1) is 0 Å². The first-order valence-electron chi connectivity index (χ1n) is 6.89. The lowest BCUT2D eigenvalue weighted by atomic mass is 9.87. The molecule has 3 rings (SSSR count). The van der Waals surface area contributed by atoms with E-state index in [0.29, 0.717) is 6.54 Å². The summed E-state index contributed by atoms with van der Waals surface area (Å²) in [6, 6.07) is 0. The number of imide groups is 1. The Morgan fingerprint density at radius 2 is 1.67 bits per heavy atom. The number of carbonyl (C=O) groups excluding carboxylic acids is 2. The van der Waals surface area contributed by atoms with Crippen LogP contribution in [0.3, 0.4) is 0 Å². The van der Waals surface area contributed by atoms with Gasteiger partial charge in [-0.1, -0.05) is 26.7 Å². The number of amides is 2. The average molecular weight is 267 g/mol. The smallest absolute Gasteiger partial charge is 0.233 e. The predicted octanol–water partition coefficient (Wildman–Crippen LogP) is 2.12. The molecule has 0 aromatic heterocycles. The van der Waals surface area contributed by atoms with Crippen LogP contribution in [0.15, 0.2) is 0 Å². The Bertz CT molecular complexity index is 388. The van der Waals surface area contributed by atoms with Crippen LogP contribution in [0, 0.1) is 22.7 Å². The molecule has 1 heterocycles. The fourth-order valence-corrected chi connectivity index (χ4v) is 4.40. The highest BCUT2D eigenvalue weighted by molar-refractivity contribution is 7.80. The molecule has 3 fully saturated rings. The van der Waals surface area contributed by atoms with Crippen molar-refractivity contribution in [2.24, 2.45) is 22.7 Å². The lowest BCUT2D eigenvalue weighted by molar-refractivity contribution is -0.144. The summed E-state index contributed by atoms with van der Waals surface area (Å²) in [5.74, 6) is 0.848. The predicted molar refractivity (Wildman–Crippen MR) is 72.2 cm³/mol. The minimum absolute atomic E-state index is 0.0385. The number of likely N-dealkylation sites (tertiary alicyclic amines) is 1. The molecule has 3 nitrogen and oxygen atoms in total. The molecule has 0 aromatic carbocycles. The average Bonchev–Trinajstić information content (AvgIpc) is 2.68. The minimum atomic E-state index is -0.0888. The number of hydrogen-bond donors (Lipinski definition) is 1. The van der Waals surface area contributed by atoms with E-state index in [9.17, 15) is 9.59 Å². The third kappa shape index (κ3) is 1.50. The standard InChI is InChI=1S/C14H21NO2S/c1-13(2)9-10(13)12(17)15(11(9)16)7-14(8-18)5-3-4-6-14/h9-10,18H,3-8H2,1-2H3. The maximum Gasteiger partial charge on any atom is 0.233 e. The second-order valence-corrected chi connectivity index (χ2v) is 7.22. The van der Waals surface area contributed by atoms with Gasteiger partial charge < -0.3 is 0 Å². The number of thiol groups is 1. The van der Waals surface area contributed by atoms with Gasteiger partial charge in [0.05, 0.1) is 11.8 Å². The van der Waals surface area contributed by atoms with Crippen molar-refractivity contribution in [1.29, 1.82) is 0 Å². The minimum Gasteiger partial charge on any atom is -0.281 e. The molecule has 1 saturated heterocycles. The molecular formula is C14H21NO2S. The van der Waals surface area contributed by atoms with E-state index >= 15 is 0 Å². The first kappa shape index (κ1) is 12.5. The summed E-state index contributed by atoms with van der Waals surface area (Å²) in [7, 11) is 0. The normalized spacial score (nSPS) is 36.1. The van der Waals surface area contributed by atoms with Gasteiger partial charge in [0.1, 0.15) is 0 Å². The molecule has 0 N–H and O–H groups in total. The topological polar surface area (TPSA) is 37.4 Å². The van der Waals surface area contributed by atoms with E-state index in [1.807, 2.05) is 13.8 Å². The highest BCUT2D eigenvalue weighted by atomic mass is 32.1. The van der Waals surface area contributed by atoms with E-state index in [1.165, 1.54) is 12.8 Å². The molecule has 0 spiro atoms. The van der Waals surface area contributed by atoms with Crippen LogP contribution in [0.4, 0.5) is 0 Å². The summed E-state index contributed by atoms with van der Waals surface area (Å²) >= 11 is 4.45. The van der Waals surface area contributed by atoms with E-state index in [2.05, 4.69) is 12.6 Å². The third-order valence-corrected chi connectivity index (χ3v) is 6.06. The molecule has 3 aliphatic rings. The SMILES string of the molecule is CC1(C)C2C(=O)N(CC3(CS)CCCC3)C(=O)C21. The molecule has 2 unspecified atom stereocenters. The molecule has 100 valence electrons. The highest BCUT2D eigenvalue weighted by Gasteiger charge is 2.72. The zero-order valence-corrected chi connectivity index (χ0v) is 12.0. The molecule has 0 radical (unpaired) electrons. The molecule has 18 heavy (non-hydrogen) atoms. The Morgan fingerprint density at radius 3 is 2.11 bits per heavy atom. The van der Waals surface area contributed by atoms with Gasteiger partial charge in [-0.2, -0.15) is 12.6 Å². The molecule has 2 amide bonds. The molecule has 2 aliphatic carbocycles. The zero-order valence-electron chi connectivity index (χ0n) is 11.1. The van der Waals surface area contributed by atoms with E-state index in [1.54, 1.807) is 4.90 Å². The van der Waals surface area contributed by atoms with Gasteiger partial charge in [-0.05, 0) is 29.4 Å². The van der Waals surface area contributed by atoms with Gasteiger partial charge in [0.2, 0.25) is 11.8 Å². The zero-order chi connectivity index (χ0) is 13.1. The van der Waals surface area contributed by atoms with Gasteiger partial charge in [-0.3, -0.25) is 14.5 Å². The Balaban J connectivity index is 1.76. The van der Waals surface area contributed by atoms with Crippen LogP contribution in [-0.2, 0) is 9.59 Å². The highest BCUT2D eigenvalue weighted by Crippen LogP contribution is 2.63. The van der Waals surface area contributed by atoms with Crippen LogP contribution in [-0.4, -0.2) is 29.0 Å². The number of nitrogens with zero attached hydrogens (tertiary/aromatic N) is 1. The van der Waals surface area contributed by atoms with E-state index in [-0.39, 0.29) is 34.5 Å². The van der Waals surface area contributed by atoms with Crippen molar-refractivity contribution in [1.82, 2.24) is 4.90 Å². The summed E-state index contributed by atoms with van der Waals surface area (Å²) in [6.07, 6.45) is 4.61. The van der Waals surface area contributed by atoms with Gasteiger partial charge >= 0.3 is 0 Å². The largest absolute Gasteiger partial charge is 0.281 e. The summed E-state index contributed by atoms with van der Waals surface area (Å²) in [6.45, 7) is 4.66. The number of carbonyl (C=O) groups is 2. The summed E-state index contributed by atoms with van der Waals surface area (Å²) in [4.78, 5) is 26.1. The first-order valence-corrected chi connectivity index (χ1v) is 7.52. The van der Waals surface area contributed by atoms with Gasteiger partial charge in [-0.25, -0.2) is 0 Å². The maximum absolute atomic E-state index is 12.3. The Morgan fingerprint density at radius 1 is 1.17 bits per heavy atom. The van der Waals surface area contributed by atoms with Crippen LogP contribution < -0.4 is 0 Å². The van der Waals surface area contributed by atoms with Crippen LogP contribution in [0.2, 0.25) is 0 Å². The van der Waals surface area contributed by atoms with Crippen LogP contribution in [0.1, 0.15) is 39.5 Å². The fraction of sp³-hybridized carbons (Fsp3) is 0.857. The van der Waals surface area contributed by atoms with Crippen molar-refractivity contribution in [2.75, 3.05) is 12.3 Å².